The maximum absolute atomic E-state index is 13.0. The molecule has 0 N–H and O–H groups in total. The fourth-order valence-electron chi connectivity index (χ4n) is 3.99. The van der Waals surface area contributed by atoms with Gasteiger partial charge in [0, 0.05) is 52.3 Å². The van der Waals surface area contributed by atoms with Crippen LogP contribution < -0.4 is 0 Å². The molecule has 0 aromatic rings. The maximum atomic E-state index is 13.0. The molecule has 3 saturated heterocycles. The van der Waals surface area contributed by atoms with Gasteiger partial charge in [0.15, 0.2) is 9.84 Å². The third-order valence-corrected chi connectivity index (χ3v) is 7.32. The van der Waals surface area contributed by atoms with E-state index in [0.717, 1.165) is 12.8 Å². The molecular formula is C17H29N3O5S. The Morgan fingerprint density at radius 2 is 1.88 bits per heavy atom. The minimum Gasteiger partial charge on any atom is -0.376 e. The van der Waals surface area contributed by atoms with Crippen LogP contribution >= 0.6 is 0 Å². The Labute approximate surface area is 155 Å². The molecule has 9 heteroatoms. The zero-order valence-electron chi connectivity index (χ0n) is 15.4. The van der Waals surface area contributed by atoms with Gasteiger partial charge in [0.05, 0.1) is 24.2 Å². The Bertz CT molecular complexity index is 624. The molecule has 0 aromatic heterocycles. The van der Waals surface area contributed by atoms with Gasteiger partial charge >= 0.3 is 0 Å². The smallest absolute Gasteiger partial charge is 0.237 e. The minimum absolute atomic E-state index is 0.0109. The number of rotatable bonds is 5. The number of hydrogen-bond donors (Lipinski definition) is 0. The molecule has 0 saturated carbocycles. The summed E-state index contributed by atoms with van der Waals surface area (Å²) in [7, 11) is -3.05. The first kappa shape index (κ1) is 19.6. The highest BCUT2D eigenvalue weighted by Crippen LogP contribution is 2.22. The van der Waals surface area contributed by atoms with Crippen molar-refractivity contribution in [2.24, 2.45) is 0 Å². The van der Waals surface area contributed by atoms with Gasteiger partial charge in [-0.05, 0) is 19.3 Å². The summed E-state index contributed by atoms with van der Waals surface area (Å²) in [6.45, 7) is 5.62. The molecule has 3 aliphatic heterocycles. The normalized spacial score (nSPS) is 29.0. The largest absolute Gasteiger partial charge is 0.376 e. The van der Waals surface area contributed by atoms with Gasteiger partial charge in [0.2, 0.25) is 11.8 Å². The van der Waals surface area contributed by atoms with Crippen molar-refractivity contribution in [3.05, 3.63) is 0 Å². The molecule has 2 amide bonds. The highest BCUT2D eigenvalue weighted by atomic mass is 32.2. The summed E-state index contributed by atoms with van der Waals surface area (Å²) in [6, 6.07) is -0.241. The SMILES string of the molecule is CC(=O)N1CCN(CC(=O)N(CC2CCCO2)C2CCS(=O)(=O)C2)CC1. The van der Waals surface area contributed by atoms with Crippen LogP contribution in [0.4, 0.5) is 0 Å². The number of sulfone groups is 1. The van der Waals surface area contributed by atoms with E-state index in [4.69, 9.17) is 4.74 Å². The Balaban J connectivity index is 1.60. The number of nitrogens with zero attached hydrogens (tertiary/aromatic N) is 3. The summed E-state index contributed by atoms with van der Waals surface area (Å²) >= 11 is 0. The summed E-state index contributed by atoms with van der Waals surface area (Å²) in [5.74, 6) is 0.249. The molecule has 3 fully saturated rings. The molecule has 0 aliphatic carbocycles. The van der Waals surface area contributed by atoms with Crippen LogP contribution in [0.3, 0.4) is 0 Å². The van der Waals surface area contributed by atoms with Crippen molar-refractivity contribution in [1.29, 1.82) is 0 Å². The second-order valence-electron chi connectivity index (χ2n) is 7.52. The summed E-state index contributed by atoms with van der Waals surface area (Å²) in [4.78, 5) is 30.0. The first-order valence-electron chi connectivity index (χ1n) is 9.43. The molecule has 0 spiro atoms. The van der Waals surface area contributed by atoms with Crippen molar-refractivity contribution in [1.82, 2.24) is 14.7 Å². The van der Waals surface area contributed by atoms with E-state index in [1.54, 1.807) is 16.7 Å². The Morgan fingerprint density at radius 3 is 2.42 bits per heavy atom. The van der Waals surface area contributed by atoms with Crippen LogP contribution in [0.25, 0.3) is 0 Å². The summed E-state index contributed by atoms with van der Waals surface area (Å²) in [5.41, 5.74) is 0. The van der Waals surface area contributed by atoms with Gasteiger partial charge in [-0.25, -0.2) is 8.42 Å². The molecule has 0 radical (unpaired) electrons. The van der Waals surface area contributed by atoms with Gasteiger partial charge in [0.1, 0.15) is 0 Å². The number of carbonyl (C=O) groups is 2. The lowest BCUT2D eigenvalue weighted by molar-refractivity contribution is -0.137. The van der Waals surface area contributed by atoms with Crippen LogP contribution in [0.2, 0.25) is 0 Å². The van der Waals surface area contributed by atoms with E-state index in [9.17, 15) is 18.0 Å². The van der Waals surface area contributed by atoms with Crippen LogP contribution in [0.15, 0.2) is 0 Å². The highest BCUT2D eigenvalue weighted by Gasteiger charge is 2.37. The van der Waals surface area contributed by atoms with Crippen molar-refractivity contribution < 1.29 is 22.7 Å². The molecular weight excluding hydrogens is 358 g/mol. The first-order chi connectivity index (χ1) is 12.3. The van der Waals surface area contributed by atoms with Crippen molar-refractivity contribution in [3.8, 4) is 0 Å². The molecule has 2 atom stereocenters. The molecule has 0 aromatic carbocycles. The van der Waals surface area contributed by atoms with E-state index in [1.165, 1.54) is 0 Å². The zero-order valence-corrected chi connectivity index (χ0v) is 16.2. The lowest BCUT2D eigenvalue weighted by atomic mass is 10.1. The van der Waals surface area contributed by atoms with E-state index in [1.807, 2.05) is 4.90 Å². The van der Waals surface area contributed by atoms with E-state index < -0.39 is 9.84 Å². The fourth-order valence-corrected chi connectivity index (χ4v) is 5.72. The standard InChI is InChI=1S/C17H29N3O5S/c1-14(21)19-7-5-18(6-8-19)12-17(22)20(11-16-3-2-9-25-16)15-4-10-26(23,24)13-15/h15-16H,2-13H2,1H3. The first-order valence-corrected chi connectivity index (χ1v) is 11.3. The second-order valence-corrected chi connectivity index (χ2v) is 9.75. The van der Waals surface area contributed by atoms with Crippen molar-refractivity contribution >= 4 is 21.7 Å². The quantitative estimate of drug-likeness (QED) is 0.623. The molecule has 8 nitrogen and oxygen atoms in total. The summed E-state index contributed by atoms with van der Waals surface area (Å²) in [6.07, 6.45) is 2.43. The molecule has 148 valence electrons. The number of ether oxygens (including phenoxy) is 1. The monoisotopic (exact) mass is 387 g/mol. The molecule has 0 bridgehead atoms. The Kier molecular flexibility index (Phi) is 6.19. The van der Waals surface area contributed by atoms with Crippen LogP contribution in [-0.4, -0.2) is 104 Å². The number of piperazine rings is 1. The molecule has 2 unspecified atom stereocenters. The Hall–Kier alpha value is -1.19. The predicted molar refractivity (Wildman–Crippen MR) is 96.4 cm³/mol. The zero-order chi connectivity index (χ0) is 18.7. The molecule has 26 heavy (non-hydrogen) atoms. The number of amides is 2. The topological polar surface area (TPSA) is 87.2 Å². The Morgan fingerprint density at radius 1 is 1.15 bits per heavy atom. The fraction of sp³-hybridized carbons (Fsp3) is 0.882. The van der Waals surface area contributed by atoms with Crippen LogP contribution in [-0.2, 0) is 24.2 Å². The number of hydrogen-bond acceptors (Lipinski definition) is 6. The predicted octanol–water partition coefficient (Wildman–Crippen LogP) is -0.655. The third-order valence-electron chi connectivity index (χ3n) is 5.57. The van der Waals surface area contributed by atoms with E-state index in [2.05, 4.69) is 0 Å². The molecule has 3 heterocycles. The minimum atomic E-state index is -3.05. The molecule has 3 aliphatic rings. The van der Waals surface area contributed by atoms with Gasteiger partial charge in [-0.15, -0.1) is 0 Å². The van der Waals surface area contributed by atoms with Gasteiger partial charge in [-0.3, -0.25) is 14.5 Å². The van der Waals surface area contributed by atoms with E-state index in [-0.39, 0.29) is 42.0 Å². The van der Waals surface area contributed by atoms with E-state index in [0.29, 0.717) is 45.8 Å². The summed E-state index contributed by atoms with van der Waals surface area (Å²) in [5, 5.41) is 0. The van der Waals surface area contributed by atoms with E-state index >= 15 is 0 Å². The average molecular weight is 388 g/mol. The van der Waals surface area contributed by atoms with Crippen LogP contribution in [0.1, 0.15) is 26.2 Å². The van der Waals surface area contributed by atoms with Crippen molar-refractivity contribution in [3.63, 3.8) is 0 Å². The highest BCUT2D eigenvalue weighted by molar-refractivity contribution is 7.91. The lowest BCUT2D eigenvalue weighted by Crippen LogP contribution is -2.53. The van der Waals surface area contributed by atoms with Gasteiger partial charge in [0.25, 0.3) is 0 Å². The van der Waals surface area contributed by atoms with Crippen LogP contribution in [0.5, 0.6) is 0 Å². The van der Waals surface area contributed by atoms with Gasteiger partial charge in [-0.1, -0.05) is 0 Å². The maximum Gasteiger partial charge on any atom is 0.237 e. The third kappa shape index (κ3) is 4.95. The van der Waals surface area contributed by atoms with Gasteiger partial charge < -0.3 is 14.5 Å². The number of carbonyl (C=O) groups excluding carboxylic acids is 2. The van der Waals surface area contributed by atoms with Crippen molar-refractivity contribution in [2.75, 3.05) is 57.4 Å². The van der Waals surface area contributed by atoms with Gasteiger partial charge in [-0.2, -0.15) is 0 Å². The lowest BCUT2D eigenvalue weighted by Gasteiger charge is -2.36. The summed E-state index contributed by atoms with van der Waals surface area (Å²) < 4.78 is 29.4. The van der Waals surface area contributed by atoms with Crippen LogP contribution in [0, 0.1) is 0 Å². The molecule has 3 rings (SSSR count). The second kappa shape index (κ2) is 8.22. The van der Waals surface area contributed by atoms with Crippen molar-refractivity contribution in [2.45, 2.75) is 38.3 Å². The average Bonchev–Trinajstić information content (AvgIpc) is 3.22.